The Bertz CT molecular complexity index is 225. The van der Waals surface area contributed by atoms with Gasteiger partial charge in [0.15, 0.2) is 5.79 Å². The van der Waals surface area contributed by atoms with Crippen LogP contribution in [-0.2, 0) is 4.74 Å². The molecule has 0 bridgehead atoms. The third kappa shape index (κ3) is 2.53. The minimum atomic E-state index is -1.68. The Labute approximate surface area is 94.6 Å². The molecular formula is C10H21NO5. The molecule has 1 fully saturated rings. The van der Waals surface area contributed by atoms with Gasteiger partial charge in [-0.05, 0) is 6.42 Å². The van der Waals surface area contributed by atoms with Gasteiger partial charge in [-0.15, -0.1) is 0 Å². The van der Waals surface area contributed by atoms with Crippen LogP contribution in [0.25, 0.3) is 0 Å². The fourth-order valence-corrected chi connectivity index (χ4v) is 1.91. The van der Waals surface area contributed by atoms with Crippen LogP contribution in [0.1, 0.15) is 26.2 Å². The molecule has 1 aliphatic heterocycles. The van der Waals surface area contributed by atoms with E-state index in [1.807, 2.05) is 6.92 Å². The van der Waals surface area contributed by atoms with E-state index in [2.05, 4.69) is 0 Å². The third-order valence-electron chi connectivity index (χ3n) is 3.04. The van der Waals surface area contributed by atoms with E-state index in [1.165, 1.54) is 0 Å². The summed E-state index contributed by atoms with van der Waals surface area (Å²) in [4.78, 5) is 0. The molecule has 6 N–H and O–H groups in total. The largest absolute Gasteiger partial charge is 0.394 e. The Morgan fingerprint density at radius 3 is 2.44 bits per heavy atom. The quantitative estimate of drug-likeness (QED) is 0.397. The maximum atomic E-state index is 10.1. The van der Waals surface area contributed by atoms with E-state index in [-0.39, 0.29) is 6.42 Å². The first-order valence-corrected chi connectivity index (χ1v) is 5.59. The van der Waals surface area contributed by atoms with E-state index in [9.17, 15) is 15.3 Å². The lowest BCUT2D eigenvalue weighted by Crippen LogP contribution is -2.68. The van der Waals surface area contributed by atoms with E-state index in [0.717, 1.165) is 6.42 Å². The Hall–Kier alpha value is -0.240. The molecule has 1 heterocycles. The first kappa shape index (κ1) is 13.8. The molecule has 0 aliphatic carbocycles. The number of rotatable bonds is 4. The van der Waals surface area contributed by atoms with Crippen molar-refractivity contribution in [3.05, 3.63) is 0 Å². The van der Waals surface area contributed by atoms with Crippen LogP contribution in [0.15, 0.2) is 0 Å². The number of hydrogen-bond donors (Lipinski definition) is 5. The third-order valence-corrected chi connectivity index (χ3v) is 3.04. The molecule has 0 spiro atoms. The van der Waals surface area contributed by atoms with E-state index in [1.54, 1.807) is 0 Å². The molecular weight excluding hydrogens is 214 g/mol. The smallest absolute Gasteiger partial charge is 0.184 e. The van der Waals surface area contributed by atoms with E-state index >= 15 is 0 Å². The van der Waals surface area contributed by atoms with E-state index < -0.39 is 36.7 Å². The van der Waals surface area contributed by atoms with Gasteiger partial charge >= 0.3 is 0 Å². The van der Waals surface area contributed by atoms with Crippen molar-refractivity contribution < 1.29 is 25.2 Å². The molecule has 0 aromatic rings. The molecule has 5 atom stereocenters. The maximum absolute atomic E-state index is 10.1. The van der Waals surface area contributed by atoms with Crippen molar-refractivity contribution in [2.24, 2.45) is 5.73 Å². The van der Waals surface area contributed by atoms with Crippen molar-refractivity contribution in [1.29, 1.82) is 0 Å². The number of ether oxygens (including phenoxy) is 1. The molecule has 0 saturated carbocycles. The summed E-state index contributed by atoms with van der Waals surface area (Å²) in [5.74, 6) is -1.68. The molecule has 0 radical (unpaired) electrons. The number of unbranched alkanes of at least 4 members (excludes halogenated alkanes) is 1. The zero-order valence-electron chi connectivity index (χ0n) is 9.41. The number of nitrogens with two attached hydrogens (primary N) is 1. The average Bonchev–Trinajstić information content (AvgIpc) is 2.29. The topological polar surface area (TPSA) is 116 Å². The predicted octanol–water partition coefficient (Wildman–Crippen LogP) is -1.69. The molecule has 0 aromatic heterocycles. The van der Waals surface area contributed by atoms with Crippen LogP contribution < -0.4 is 5.73 Å². The van der Waals surface area contributed by atoms with Gasteiger partial charge < -0.3 is 30.9 Å². The average molecular weight is 235 g/mol. The van der Waals surface area contributed by atoms with Crippen LogP contribution in [0.5, 0.6) is 0 Å². The highest BCUT2D eigenvalue weighted by Crippen LogP contribution is 2.30. The Morgan fingerprint density at radius 2 is 1.94 bits per heavy atom. The zero-order valence-corrected chi connectivity index (χ0v) is 9.41. The van der Waals surface area contributed by atoms with E-state index in [0.29, 0.717) is 6.42 Å². The summed E-state index contributed by atoms with van der Waals surface area (Å²) in [6.45, 7) is 1.48. The van der Waals surface area contributed by atoms with Crippen LogP contribution in [0.2, 0.25) is 0 Å². The summed E-state index contributed by atoms with van der Waals surface area (Å²) < 4.78 is 5.19. The first-order chi connectivity index (χ1) is 7.46. The number of aliphatic hydroxyl groups excluding tert-OH is 3. The van der Waals surface area contributed by atoms with Crippen molar-refractivity contribution in [2.75, 3.05) is 6.61 Å². The molecule has 6 heteroatoms. The second-order valence-electron chi connectivity index (χ2n) is 4.29. The molecule has 0 amide bonds. The van der Waals surface area contributed by atoms with Gasteiger partial charge in [0.05, 0.1) is 12.6 Å². The molecule has 96 valence electrons. The van der Waals surface area contributed by atoms with Crippen molar-refractivity contribution in [1.82, 2.24) is 0 Å². The summed E-state index contributed by atoms with van der Waals surface area (Å²) in [5.41, 5.74) is 5.64. The Morgan fingerprint density at radius 1 is 1.31 bits per heavy atom. The molecule has 1 unspecified atom stereocenters. The normalized spacial score (nSPS) is 44.6. The monoisotopic (exact) mass is 235 g/mol. The second kappa shape index (κ2) is 5.39. The van der Waals surface area contributed by atoms with Crippen LogP contribution in [0.4, 0.5) is 0 Å². The van der Waals surface area contributed by atoms with Crippen molar-refractivity contribution in [3.8, 4) is 0 Å². The van der Waals surface area contributed by atoms with Gasteiger partial charge in [-0.25, -0.2) is 0 Å². The minimum absolute atomic E-state index is 0.269. The van der Waals surface area contributed by atoms with Crippen LogP contribution in [-0.4, -0.2) is 57.2 Å². The molecule has 1 saturated heterocycles. The van der Waals surface area contributed by atoms with Gasteiger partial charge in [0, 0.05) is 6.42 Å². The highest BCUT2D eigenvalue weighted by molar-refractivity contribution is 4.98. The summed E-state index contributed by atoms with van der Waals surface area (Å²) in [5, 5.41) is 38.3. The lowest BCUT2D eigenvalue weighted by molar-refractivity contribution is -0.316. The fraction of sp³-hybridized carbons (Fsp3) is 1.00. The van der Waals surface area contributed by atoms with Gasteiger partial charge in [-0.3, -0.25) is 0 Å². The summed E-state index contributed by atoms with van der Waals surface area (Å²) >= 11 is 0. The lowest BCUT2D eigenvalue weighted by Gasteiger charge is -2.46. The van der Waals surface area contributed by atoms with Crippen LogP contribution >= 0.6 is 0 Å². The maximum Gasteiger partial charge on any atom is 0.184 e. The lowest BCUT2D eigenvalue weighted by atomic mass is 9.88. The summed E-state index contributed by atoms with van der Waals surface area (Å²) in [7, 11) is 0. The van der Waals surface area contributed by atoms with Gasteiger partial charge in [0.2, 0.25) is 0 Å². The predicted molar refractivity (Wildman–Crippen MR) is 56.4 cm³/mol. The summed E-state index contributed by atoms with van der Waals surface area (Å²) in [6.07, 6.45) is -1.77. The number of hydrogen-bond acceptors (Lipinski definition) is 6. The Balaban J connectivity index is 2.76. The molecule has 0 aromatic carbocycles. The molecule has 16 heavy (non-hydrogen) atoms. The van der Waals surface area contributed by atoms with Gasteiger partial charge in [-0.2, -0.15) is 0 Å². The van der Waals surface area contributed by atoms with Crippen LogP contribution in [0.3, 0.4) is 0 Å². The minimum Gasteiger partial charge on any atom is -0.394 e. The highest BCUT2D eigenvalue weighted by Gasteiger charge is 2.50. The molecule has 6 nitrogen and oxygen atoms in total. The highest BCUT2D eigenvalue weighted by atomic mass is 16.6. The fourth-order valence-electron chi connectivity index (χ4n) is 1.91. The second-order valence-corrected chi connectivity index (χ2v) is 4.29. The number of aliphatic hydroxyl groups is 4. The summed E-state index contributed by atoms with van der Waals surface area (Å²) in [6, 6.07) is -1.07. The Kier molecular flexibility index (Phi) is 4.66. The van der Waals surface area contributed by atoms with Crippen molar-refractivity contribution in [3.63, 3.8) is 0 Å². The molecule has 1 aliphatic rings. The van der Waals surface area contributed by atoms with Gasteiger partial charge in [0.1, 0.15) is 18.3 Å². The van der Waals surface area contributed by atoms with E-state index in [4.69, 9.17) is 15.6 Å². The standard InChI is InChI=1S/C10H21NO5/c1-2-3-4-10(15)9(11)8(14)7(13)6(5-12)16-10/h6-9,12-15H,2-5,11H2,1H3/t6-,7-,8+,9-,10?/m1/s1. The zero-order chi connectivity index (χ0) is 12.3. The molecule has 1 rings (SSSR count). The van der Waals surface area contributed by atoms with Gasteiger partial charge in [0.25, 0.3) is 0 Å². The van der Waals surface area contributed by atoms with Crippen LogP contribution in [0, 0.1) is 0 Å². The van der Waals surface area contributed by atoms with Gasteiger partial charge in [-0.1, -0.05) is 13.3 Å². The first-order valence-electron chi connectivity index (χ1n) is 5.59. The van der Waals surface area contributed by atoms with Crippen molar-refractivity contribution in [2.45, 2.75) is 56.3 Å². The van der Waals surface area contributed by atoms with Crippen molar-refractivity contribution >= 4 is 0 Å². The SMILES string of the molecule is CCCCC1(O)O[C@H](CO)[C@@H](O)[C@H](O)[C@H]1N.